The van der Waals surface area contributed by atoms with Crippen LogP contribution >= 0.6 is 0 Å². The summed E-state index contributed by atoms with van der Waals surface area (Å²) in [5.74, 6) is 0.787. The topological polar surface area (TPSA) is 41.5 Å². The second-order valence-electron chi connectivity index (χ2n) is 6.25. The maximum Gasteiger partial charge on any atom is 0.126 e. The van der Waals surface area contributed by atoms with Gasteiger partial charge in [-0.2, -0.15) is 0 Å². The van der Waals surface area contributed by atoms with Crippen molar-refractivity contribution in [3.8, 4) is 5.75 Å². The van der Waals surface area contributed by atoms with Gasteiger partial charge in [0.25, 0.3) is 0 Å². The number of rotatable bonds is 11. The highest BCUT2D eigenvalue weighted by molar-refractivity contribution is 5.68. The highest BCUT2D eigenvalue weighted by Crippen LogP contribution is 2.28. The van der Waals surface area contributed by atoms with Gasteiger partial charge in [-0.05, 0) is 43.0 Å². The number of para-hydroxylation sites is 1. The molecule has 0 aliphatic heterocycles. The monoisotopic (exact) mass is 339 g/mol. The van der Waals surface area contributed by atoms with Gasteiger partial charge < -0.3 is 15.2 Å². The molecule has 0 aromatic heterocycles. The fourth-order valence-electron chi connectivity index (χ4n) is 2.65. The van der Waals surface area contributed by atoms with Crippen molar-refractivity contribution >= 4 is 5.57 Å². The summed E-state index contributed by atoms with van der Waals surface area (Å²) in [5.41, 5.74) is 3.38. The average molecular weight is 339 g/mol. The second kappa shape index (κ2) is 10.7. The number of benzene rings is 2. The highest BCUT2D eigenvalue weighted by Gasteiger charge is 2.10. The van der Waals surface area contributed by atoms with Crippen molar-refractivity contribution in [1.82, 2.24) is 5.32 Å². The minimum absolute atomic E-state index is 0.277. The largest absolute Gasteiger partial charge is 0.490 e. The van der Waals surface area contributed by atoms with Crippen molar-refractivity contribution in [3.05, 3.63) is 72.3 Å². The SMILES string of the molecule is C=C(CCc1ccccc1)c1ccccc1OCC(O)CNCCC. The minimum atomic E-state index is -0.516. The van der Waals surface area contributed by atoms with E-state index in [1.165, 1.54) is 5.56 Å². The number of hydrogen-bond donors (Lipinski definition) is 2. The van der Waals surface area contributed by atoms with E-state index < -0.39 is 6.10 Å². The van der Waals surface area contributed by atoms with Gasteiger partial charge in [-0.25, -0.2) is 0 Å². The van der Waals surface area contributed by atoms with Crippen molar-refractivity contribution in [2.45, 2.75) is 32.3 Å². The molecule has 1 atom stereocenters. The molecule has 2 rings (SSSR count). The fourth-order valence-corrected chi connectivity index (χ4v) is 2.65. The number of nitrogens with one attached hydrogen (secondary N) is 1. The smallest absolute Gasteiger partial charge is 0.126 e. The van der Waals surface area contributed by atoms with E-state index in [-0.39, 0.29) is 6.61 Å². The summed E-state index contributed by atoms with van der Waals surface area (Å²) in [6.45, 7) is 8.07. The molecule has 0 aliphatic carbocycles. The molecule has 134 valence electrons. The molecule has 2 aromatic carbocycles. The summed E-state index contributed by atoms with van der Waals surface area (Å²) >= 11 is 0. The fraction of sp³-hybridized carbons (Fsp3) is 0.364. The molecule has 0 fully saturated rings. The zero-order chi connectivity index (χ0) is 17.9. The van der Waals surface area contributed by atoms with Gasteiger partial charge in [-0.15, -0.1) is 0 Å². The van der Waals surface area contributed by atoms with Gasteiger partial charge >= 0.3 is 0 Å². The van der Waals surface area contributed by atoms with Gasteiger partial charge in [0.2, 0.25) is 0 Å². The van der Waals surface area contributed by atoms with Gasteiger partial charge in [0.05, 0.1) is 0 Å². The summed E-state index contributed by atoms with van der Waals surface area (Å²) in [4.78, 5) is 0. The lowest BCUT2D eigenvalue weighted by Gasteiger charge is -2.16. The molecule has 0 heterocycles. The maximum absolute atomic E-state index is 10.0. The molecule has 2 aromatic rings. The van der Waals surface area contributed by atoms with E-state index in [4.69, 9.17) is 4.74 Å². The van der Waals surface area contributed by atoms with Crippen LogP contribution in [-0.2, 0) is 6.42 Å². The van der Waals surface area contributed by atoms with E-state index in [0.717, 1.165) is 42.7 Å². The van der Waals surface area contributed by atoms with Crippen LogP contribution in [0.4, 0.5) is 0 Å². The van der Waals surface area contributed by atoms with Crippen molar-refractivity contribution in [1.29, 1.82) is 0 Å². The van der Waals surface area contributed by atoms with E-state index in [9.17, 15) is 5.11 Å². The van der Waals surface area contributed by atoms with Crippen molar-refractivity contribution < 1.29 is 9.84 Å². The van der Waals surface area contributed by atoms with Crippen molar-refractivity contribution in [2.24, 2.45) is 0 Å². The Balaban J connectivity index is 1.89. The van der Waals surface area contributed by atoms with E-state index in [1.807, 2.05) is 30.3 Å². The summed E-state index contributed by atoms with van der Waals surface area (Å²) < 4.78 is 5.85. The van der Waals surface area contributed by atoms with Gasteiger partial charge in [0.1, 0.15) is 18.5 Å². The van der Waals surface area contributed by atoms with E-state index in [2.05, 4.69) is 43.1 Å². The first kappa shape index (κ1) is 19.2. The number of allylic oxidation sites excluding steroid dienone is 1. The Labute approximate surface area is 151 Å². The molecule has 2 N–H and O–H groups in total. The van der Waals surface area contributed by atoms with Crippen LogP contribution in [0, 0.1) is 0 Å². The van der Waals surface area contributed by atoms with Crippen molar-refractivity contribution in [2.75, 3.05) is 19.7 Å². The Morgan fingerprint density at radius 1 is 1.12 bits per heavy atom. The third kappa shape index (κ3) is 6.73. The molecule has 0 spiro atoms. The van der Waals surface area contributed by atoms with Gasteiger partial charge in [-0.1, -0.05) is 62.0 Å². The van der Waals surface area contributed by atoms with Gasteiger partial charge in [-0.3, -0.25) is 0 Å². The third-order valence-corrected chi connectivity index (χ3v) is 4.06. The quantitative estimate of drug-likeness (QED) is 0.606. The molecule has 0 aliphatic rings. The average Bonchev–Trinajstić information content (AvgIpc) is 2.66. The van der Waals surface area contributed by atoms with Gasteiger partial charge in [0.15, 0.2) is 0 Å². The summed E-state index contributed by atoms with van der Waals surface area (Å²) in [7, 11) is 0. The zero-order valence-corrected chi connectivity index (χ0v) is 15.1. The first-order valence-corrected chi connectivity index (χ1v) is 9.03. The Morgan fingerprint density at radius 3 is 2.60 bits per heavy atom. The Morgan fingerprint density at radius 2 is 1.84 bits per heavy atom. The molecule has 3 nitrogen and oxygen atoms in total. The van der Waals surface area contributed by atoms with Crippen LogP contribution in [0.2, 0.25) is 0 Å². The molecule has 1 unspecified atom stereocenters. The first-order valence-electron chi connectivity index (χ1n) is 9.03. The van der Waals surface area contributed by atoms with E-state index in [0.29, 0.717) is 6.54 Å². The summed E-state index contributed by atoms with van der Waals surface area (Å²) in [5, 5.41) is 13.2. The van der Waals surface area contributed by atoms with E-state index >= 15 is 0 Å². The number of hydrogen-bond acceptors (Lipinski definition) is 3. The number of ether oxygens (including phenoxy) is 1. The zero-order valence-electron chi connectivity index (χ0n) is 15.1. The summed E-state index contributed by atoms with van der Waals surface area (Å²) in [6.07, 6.45) is 2.37. The number of aryl methyl sites for hydroxylation is 1. The number of aliphatic hydroxyl groups is 1. The molecule has 0 amide bonds. The highest BCUT2D eigenvalue weighted by atomic mass is 16.5. The molecule has 3 heteroatoms. The van der Waals surface area contributed by atoms with E-state index in [1.54, 1.807) is 0 Å². The first-order chi connectivity index (χ1) is 12.2. The number of aliphatic hydroxyl groups excluding tert-OH is 1. The Bertz CT molecular complexity index is 639. The second-order valence-corrected chi connectivity index (χ2v) is 6.25. The van der Waals surface area contributed by atoms with Crippen LogP contribution in [0.25, 0.3) is 5.57 Å². The molecular weight excluding hydrogens is 310 g/mol. The van der Waals surface area contributed by atoms with Crippen LogP contribution in [-0.4, -0.2) is 30.9 Å². The lowest BCUT2D eigenvalue weighted by atomic mass is 9.99. The molecule has 0 saturated carbocycles. The Hall–Kier alpha value is -2.10. The third-order valence-electron chi connectivity index (χ3n) is 4.06. The molecule has 0 bridgehead atoms. The summed E-state index contributed by atoms with van der Waals surface area (Å²) in [6, 6.07) is 18.3. The maximum atomic E-state index is 10.0. The molecule has 0 saturated heterocycles. The standard InChI is InChI=1S/C22H29NO2/c1-3-15-23-16-20(24)17-25-22-12-8-7-11-21(22)18(2)13-14-19-9-5-4-6-10-19/h4-12,20,23-24H,2-3,13-17H2,1H3. The van der Waals surface area contributed by atoms with Crippen LogP contribution in [0.1, 0.15) is 30.9 Å². The lowest BCUT2D eigenvalue weighted by molar-refractivity contribution is 0.106. The van der Waals surface area contributed by atoms with Crippen LogP contribution < -0.4 is 10.1 Å². The lowest BCUT2D eigenvalue weighted by Crippen LogP contribution is -2.31. The predicted octanol–water partition coefficient (Wildman–Crippen LogP) is 4.07. The molecular formula is C22H29NO2. The minimum Gasteiger partial charge on any atom is -0.490 e. The molecule has 25 heavy (non-hydrogen) atoms. The predicted molar refractivity (Wildman–Crippen MR) is 105 cm³/mol. The van der Waals surface area contributed by atoms with Crippen molar-refractivity contribution in [3.63, 3.8) is 0 Å². The Kier molecular flexibility index (Phi) is 8.23. The van der Waals surface area contributed by atoms with Crippen LogP contribution in [0.15, 0.2) is 61.2 Å². The normalized spacial score (nSPS) is 11.9. The van der Waals surface area contributed by atoms with Crippen LogP contribution in [0.5, 0.6) is 5.75 Å². The van der Waals surface area contributed by atoms with Crippen LogP contribution in [0.3, 0.4) is 0 Å². The van der Waals surface area contributed by atoms with Gasteiger partial charge in [0, 0.05) is 12.1 Å². The molecule has 0 radical (unpaired) electrons.